The second-order valence-corrected chi connectivity index (χ2v) is 3.48. The van der Waals surface area contributed by atoms with Crippen molar-refractivity contribution >= 4 is 11.8 Å². The zero-order valence-corrected chi connectivity index (χ0v) is 7.73. The van der Waals surface area contributed by atoms with E-state index in [9.17, 15) is 22.8 Å². The summed E-state index contributed by atoms with van der Waals surface area (Å²) in [5.74, 6) is -2.86. The molecule has 0 aromatic carbocycles. The van der Waals surface area contributed by atoms with Crippen LogP contribution in [0.5, 0.6) is 0 Å². The molecule has 0 aromatic rings. The topological polar surface area (TPSA) is 72.2 Å². The van der Waals surface area contributed by atoms with Gasteiger partial charge >= 0.3 is 12.1 Å². The van der Waals surface area contributed by atoms with E-state index in [0.29, 0.717) is 0 Å². The third-order valence-corrected chi connectivity index (χ3v) is 1.33. The summed E-state index contributed by atoms with van der Waals surface area (Å²) in [5, 5.41) is 1.66. The van der Waals surface area contributed by atoms with Crippen LogP contribution in [0, 0.1) is 0 Å². The summed E-state index contributed by atoms with van der Waals surface area (Å²) in [6.45, 7) is 2.56. The molecule has 0 heterocycles. The lowest BCUT2D eigenvalue weighted by Crippen LogP contribution is -2.50. The molecule has 82 valence electrons. The standard InChI is InChI=1S/C7H11F3N2O2/c1-6(2,3-4(11)13)12-5(14)7(8,9)10/h3H2,1-2H3,(H2,11,13)(H,12,14). The molecule has 0 aliphatic rings. The molecule has 0 aromatic heterocycles. The number of carbonyl (C=O) groups excluding carboxylic acids is 2. The van der Waals surface area contributed by atoms with Gasteiger partial charge in [0.25, 0.3) is 0 Å². The third-order valence-electron chi connectivity index (χ3n) is 1.33. The number of nitrogens with two attached hydrogens (primary N) is 1. The minimum absolute atomic E-state index is 0.352. The van der Waals surface area contributed by atoms with E-state index in [1.165, 1.54) is 13.8 Å². The Balaban J connectivity index is 4.37. The molecule has 0 saturated carbocycles. The van der Waals surface area contributed by atoms with Crippen LogP contribution in [-0.2, 0) is 9.59 Å². The molecule has 0 rings (SSSR count). The molecular formula is C7H11F3N2O2. The van der Waals surface area contributed by atoms with Gasteiger partial charge in [0.1, 0.15) is 0 Å². The first-order valence-corrected chi connectivity index (χ1v) is 3.72. The summed E-state index contributed by atoms with van der Waals surface area (Å²) in [6, 6.07) is 0. The molecule has 0 fully saturated rings. The van der Waals surface area contributed by atoms with Crippen LogP contribution in [0.4, 0.5) is 13.2 Å². The predicted octanol–water partition coefficient (Wildman–Crippen LogP) is 0.319. The molecule has 0 spiro atoms. The van der Waals surface area contributed by atoms with Crippen molar-refractivity contribution < 1.29 is 22.8 Å². The van der Waals surface area contributed by atoms with E-state index in [4.69, 9.17) is 5.73 Å². The van der Waals surface area contributed by atoms with Crippen LogP contribution in [0.25, 0.3) is 0 Å². The van der Waals surface area contributed by atoms with Gasteiger partial charge in [-0.1, -0.05) is 0 Å². The van der Waals surface area contributed by atoms with Gasteiger partial charge in [0.05, 0.1) is 0 Å². The van der Waals surface area contributed by atoms with Gasteiger partial charge in [-0.2, -0.15) is 13.2 Å². The fraction of sp³-hybridized carbons (Fsp3) is 0.714. The number of alkyl halides is 3. The quantitative estimate of drug-likeness (QED) is 0.707. The van der Waals surface area contributed by atoms with E-state index in [2.05, 4.69) is 0 Å². The molecule has 0 bridgehead atoms. The fourth-order valence-corrected chi connectivity index (χ4v) is 0.858. The highest BCUT2D eigenvalue weighted by atomic mass is 19.4. The molecule has 14 heavy (non-hydrogen) atoms. The summed E-state index contributed by atoms with van der Waals surface area (Å²) in [4.78, 5) is 20.9. The Labute approximate surface area is 78.6 Å². The first-order chi connectivity index (χ1) is 6.04. The molecule has 2 amide bonds. The summed E-state index contributed by atoms with van der Waals surface area (Å²) < 4.78 is 35.4. The Hall–Kier alpha value is -1.27. The number of rotatable bonds is 3. The maximum Gasteiger partial charge on any atom is 0.471 e. The first kappa shape index (κ1) is 12.7. The molecular weight excluding hydrogens is 201 g/mol. The van der Waals surface area contributed by atoms with Crippen molar-refractivity contribution in [2.75, 3.05) is 0 Å². The van der Waals surface area contributed by atoms with Gasteiger partial charge in [0, 0.05) is 12.0 Å². The fourth-order valence-electron chi connectivity index (χ4n) is 0.858. The lowest BCUT2D eigenvalue weighted by molar-refractivity contribution is -0.175. The SMILES string of the molecule is CC(C)(CC(N)=O)NC(=O)C(F)(F)F. The molecule has 0 unspecified atom stereocenters. The van der Waals surface area contributed by atoms with Crippen LogP contribution in [0.2, 0.25) is 0 Å². The first-order valence-electron chi connectivity index (χ1n) is 3.72. The third kappa shape index (κ3) is 4.68. The Morgan fingerprint density at radius 2 is 1.71 bits per heavy atom. The molecule has 0 radical (unpaired) electrons. The van der Waals surface area contributed by atoms with E-state index in [-0.39, 0.29) is 6.42 Å². The van der Waals surface area contributed by atoms with E-state index >= 15 is 0 Å². The number of hydrogen-bond acceptors (Lipinski definition) is 2. The van der Waals surface area contributed by atoms with E-state index in [1.807, 2.05) is 0 Å². The monoisotopic (exact) mass is 212 g/mol. The van der Waals surface area contributed by atoms with Crippen LogP contribution < -0.4 is 11.1 Å². The second kappa shape index (κ2) is 3.85. The zero-order valence-electron chi connectivity index (χ0n) is 7.73. The Bertz CT molecular complexity index is 248. The maximum atomic E-state index is 11.8. The lowest BCUT2D eigenvalue weighted by atomic mass is 10.0. The molecule has 0 atom stereocenters. The number of hydrogen-bond donors (Lipinski definition) is 2. The van der Waals surface area contributed by atoms with Gasteiger partial charge in [-0.05, 0) is 13.8 Å². The Kier molecular flexibility index (Phi) is 3.50. The maximum absolute atomic E-state index is 11.8. The minimum Gasteiger partial charge on any atom is -0.370 e. The van der Waals surface area contributed by atoms with Crippen LogP contribution in [-0.4, -0.2) is 23.5 Å². The van der Waals surface area contributed by atoms with E-state index in [0.717, 1.165) is 0 Å². The van der Waals surface area contributed by atoms with Crippen molar-refractivity contribution in [2.45, 2.75) is 32.0 Å². The molecule has 3 N–H and O–H groups in total. The van der Waals surface area contributed by atoms with Gasteiger partial charge in [-0.15, -0.1) is 0 Å². The van der Waals surface area contributed by atoms with Gasteiger partial charge in [0.15, 0.2) is 0 Å². The summed E-state index contributed by atoms with van der Waals surface area (Å²) in [6.07, 6.45) is -5.30. The van der Waals surface area contributed by atoms with E-state index in [1.54, 1.807) is 5.32 Å². The van der Waals surface area contributed by atoms with Gasteiger partial charge in [-0.25, -0.2) is 0 Å². The Morgan fingerprint density at radius 3 is 2.00 bits per heavy atom. The van der Waals surface area contributed by atoms with Crippen molar-refractivity contribution in [3.8, 4) is 0 Å². The number of carbonyl (C=O) groups is 2. The van der Waals surface area contributed by atoms with Gasteiger partial charge in [0.2, 0.25) is 5.91 Å². The number of nitrogens with one attached hydrogen (secondary N) is 1. The average molecular weight is 212 g/mol. The Morgan fingerprint density at radius 1 is 1.29 bits per heavy atom. The van der Waals surface area contributed by atoms with Crippen LogP contribution >= 0.6 is 0 Å². The van der Waals surface area contributed by atoms with Gasteiger partial charge in [-0.3, -0.25) is 9.59 Å². The number of halogens is 3. The lowest BCUT2D eigenvalue weighted by Gasteiger charge is -2.25. The summed E-state index contributed by atoms with van der Waals surface area (Å²) in [7, 11) is 0. The minimum atomic E-state index is -4.95. The summed E-state index contributed by atoms with van der Waals surface area (Å²) in [5.41, 5.74) is 3.50. The van der Waals surface area contributed by atoms with Crippen molar-refractivity contribution in [3.63, 3.8) is 0 Å². The highest BCUT2D eigenvalue weighted by Crippen LogP contribution is 2.17. The molecule has 4 nitrogen and oxygen atoms in total. The molecule has 0 aliphatic carbocycles. The van der Waals surface area contributed by atoms with Crippen molar-refractivity contribution in [3.05, 3.63) is 0 Å². The largest absolute Gasteiger partial charge is 0.471 e. The van der Waals surface area contributed by atoms with Gasteiger partial charge < -0.3 is 11.1 Å². The van der Waals surface area contributed by atoms with Crippen molar-refractivity contribution in [1.82, 2.24) is 5.32 Å². The highest BCUT2D eigenvalue weighted by molar-refractivity contribution is 5.83. The molecule has 7 heteroatoms. The predicted molar refractivity (Wildman–Crippen MR) is 42.1 cm³/mol. The summed E-state index contributed by atoms with van der Waals surface area (Å²) >= 11 is 0. The van der Waals surface area contributed by atoms with Crippen molar-refractivity contribution in [1.29, 1.82) is 0 Å². The number of primary amides is 1. The van der Waals surface area contributed by atoms with E-state index < -0.39 is 23.5 Å². The zero-order chi connectivity index (χ0) is 11.6. The second-order valence-electron chi connectivity index (χ2n) is 3.48. The van der Waals surface area contributed by atoms with Crippen LogP contribution in [0.1, 0.15) is 20.3 Å². The van der Waals surface area contributed by atoms with Crippen LogP contribution in [0.3, 0.4) is 0 Å². The highest BCUT2D eigenvalue weighted by Gasteiger charge is 2.41. The normalized spacial score (nSPS) is 12.4. The van der Waals surface area contributed by atoms with Crippen LogP contribution in [0.15, 0.2) is 0 Å². The smallest absolute Gasteiger partial charge is 0.370 e. The molecule has 0 aliphatic heterocycles. The van der Waals surface area contributed by atoms with Crippen molar-refractivity contribution in [2.24, 2.45) is 5.73 Å². The average Bonchev–Trinajstić information content (AvgIpc) is 1.79. The number of amides is 2. The molecule has 0 saturated heterocycles.